The van der Waals surface area contributed by atoms with Crippen LogP contribution < -0.4 is 10.1 Å². The number of hydrogen-bond acceptors (Lipinski definition) is 5. The molecule has 0 aliphatic carbocycles. The van der Waals surface area contributed by atoms with Gasteiger partial charge in [0.25, 0.3) is 0 Å². The molecule has 1 unspecified atom stereocenters. The van der Waals surface area contributed by atoms with Crippen LogP contribution in [0.5, 0.6) is 11.5 Å². The quantitative estimate of drug-likeness (QED) is 0.655. The van der Waals surface area contributed by atoms with E-state index in [9.17, 15) is 13.2 Å². The van der Waals surface area contributed by atoms with Gasteiger partial charge in [-0.1, -0.05) is 32.0 Å². The number of ether oxygens (including phenoxy) is 1. The van der Waals surface area contributed by atoms with E-state index in [1.807, 2.05) is 24.5 Å². The zero-order valence-electron chi connectivity index (χ0n) is 16.5. The van der Waals surface area contributed by atoms with E-state index in [2.05, 4.69) is 5.32 Å². The van der Waals surface area contributed by atoms with Gasteiger partial charge in [0.2, 0.25) is 15.9 Å². The van der Waals surface area contributed by atoms with Crippen LogP contribution in [-0.2, 0) is 14.8 Å². The Bertz CT molecular complexity index is 898. The minimum Gasteiger partial charge on any atom is -0.455 e. The largest absolute Gasteiger partial charge is 0.455 e. The summed E-state index contributed by atoms with van der Waals surface area (Å²) < 4.78 is 33.0. The summed E-state index contributed by atoms with van der Waals surface area (Å²) in [6.45, 7) is 6.10. The standard InChI is InChI=1S/C20H26N2O4S2/c1-5-22(6-2)28(24,25)17-12-13-19(26-16-10-8-7-9-11-16)18(14-17)21-20(23)15(3)27-4/h7-15H,5-6H2,1-4H3,(H,21,23). The van der Waals surface area contributed by atoms with E-state index in [4.69, 9.17) is 4.74 Å². The highest BCUT2D eigenvalue weighted by atomic mass is 32.2. The van der Waals surface area contributed by atoms with Gasteiger partial charge < -0.3 is 10.1 Å². The van der Waals surface area contributed by atoms with Crippen LogP contribution in [-0.4, -0.2) is 43.2 Å². The third-order valence-electron chi connectivity index (χ3n) is 4.25. The van der Waals surface area contributed by atoms with Gasteiger partial charge in [0.1, 0.15) is 5.75 Å². The van der Waals surface area contributed by atoms with Crippen molar-refractivity contribution >= 4 is 33.4 Å². The van der Waals surface area contributed by atoms with Crippen LogP contribution >= 0.6 is 11.8 Å². The first-order valence-corrected chi connectivity index (χ1v) is 11.8. The van der Waals surface area contributed by atoms with Gasteiger partial charge in [-0.05, 0) is 43.5 Å². The lowest BCUT2D eigenvalue weighted by atomic mass is 10.2. The maximum absolute atomic E-state index is 12.9. The third kappa shape index (κ3) is 5.27. The van der Waals surface area contributed by atoms with Crippen molar-refractivity contribution in [1.82, 2.24) is 4.31 Å². The number of nitrogens with one attached hydrogen (secondary N) is 1. The molecule has 1 atom stereocenters. The fraction of sp³-hybridized carbons (Fsp3) is 0.350. The van der Waals surface area contributed by atoms with Crippen LogP contribution in [0.3, 0.4) is 0 Å². The van der Waals surface area contributed by atoms with Crippen molar-refractivity contribution in [2.75, 3.05) is 24.7 Å². The molecule has 28 heavy (non-hydrogen) atoms. The Labute approximate surface area is 171 Å². The highest BCUT2D eigenvalue weighted by Crippen LogP contribution is 2.33. The molecule has 0 radical (unpaired) electrons. The zero-order chi connectivity index (χ0) is 20.7. The molecule has 0 aliphatic rings. The van der Waals surface area contributed by atoms with Gasteiger partial charge in [-0.25, -0.2) is 8.42 Å². The normalized spacial score (nSPS) is 12.6. The van der Waals surface area contributed by atoms with Crippen molar-refractivity contribution < 1.29 is 17.9 Å². The number of benzene rings is 2. The highest BCUT2D eigenvalue weighted by molar-refractivity contribution is 7.99. The third-order valence-corrected chi connectivity index (χ3v) is 7.21. The summed E-state index contributed by atoms with van der Waals surface area (Å²) in [5.41, 5.74) is 0.322. The molecule has 0 spiro atoms. The molecule has 2 aromatic rings. The lowest BCUT2D eigenvalue weighted by Gasteiger charge is -2.20. The summed E-state index contributed by atoms with van der Waals surface area (Å²) in [7, 11) is -3.65. The Morgan fingerprint density at radius 3 is 2.36 bits per heavy atom. The van der Waals surface area contributed by atoms with Crippen LogP contribution in [0.25, 0.3) is 0 Å². The molecular weight excluding hydrogens is 396 g/mol. The molecule has 6 nitrogen and oxygen atoms in total. The molecule has 0 aliphatic heterocycles. The second-order valence-corrected chi connectivity index (χ2v) is 9.15. The Morgan fingerprint density at radius 2 is 1.79 bits per heavy atom. The van der Waals surface area contributed by atoms with Gasteiger partial charge in [-0.3, -0.25) is 4.79 Å². The number of amides is 1. The second kappa shape index (κ2) is 9.95. The van der Waals surface area contributed by atoms with Crippen molar-refractivity contribution in [1.29, 1.82) is 0 Å². The van der Waals surface area contributed by atoms with Gasteiger partial charge in [-0.2, -0.15) is 16.1 Å². The van der Waals surface area contributed by atoms with Crippen molar-refractivity contribution in [3.63, 3.8) is 0 Å². The van der Waals surface area contributed by atoms with Gasteiger partial charge in [0, 0.05) is 13.1 Å². The fourth-order valence-electron chi connectivity index (χ4n) is 2.53. The molecule has 0 bridgehead atoms. The molecule has 1 N–H and O–H groups in total. The minimum atomic E-state index is -3.65. The molecule has 2 rings (SSSR count). The summed E-state index contributed by atoms with van der Waals surface area (Å²) >= 11 is 1.40. The smallest absolute Gasteiger partial charge is 0.243 e. The van der Waals surface area contributed by atoms with Crippen molar-refractivity contribution in [3.05, 3.63) is 48.5 Å². The van der Waals surface area contributed by atoms with Gasteiger partial charge in [0.15, 0.2) is 5.75 Å². The number of thioether (sulfide) groups is 1. The topological polar surface area (TPSA) is 75.7 Å². The van der Waals surface area contributed by atoms with Crippen molar-refractivity contribution in [2.45, 2.75) is 30.9 Å². The predicted molar refractivity (Wildman–Crippen MR) is 115 cm³/mol. The van der Waals surface area contributed by atoms with Gasteiger partial charge in [-0.15, -0.1) is 0 Å². The molecule has 0 fully saturated rings. The van der Waals surface area contributed by atoms with Gasteiger partial charge >= 0.3 is 0 Å². The van der Waals surface area contributed by atoms with E-state index in [0.717, 1.165) is 0 Å². The number of rotatable bonds is 9. The molecule has 2 aromatic carbocycles. The first kappa shape index (κ1) is 22.3. The van der Waals surface area contributed by atoms with Gasteiger partial charge in [0.05, 0.1) is 15.8 Å². The van der Waals surface area contributed by atoms with E-state index in [1.54, 1.807) is 39.0 Å². The number of anilines is 1. The maximum Gasteiger partial charge on any atom is 0.243 e. The number of carbonyl (C=O) groups excluding carboxylic acids is 1. The lowest BCUT2D eigenvalue weighted by Crippen LogP contribution is -2.30. The SMILES string of the molecule is CCN(CC)S(=O)(=O)c1ccc(Oc2ccccc2)c(NC(=O)C(C)SC)c1. The van der Waals surface area contributed by atoms with Crippen LogP contribution in [0.2, 0.25) is 0 Å². The van der Waals surface area contributed by atoms with E-state index in [1.165, 1.54) is 28.2 Å². The Morgan fingerprint density at radius 1 is 1.14 bits per heavy atom. The highest BCUT2D eigenvalue weighted by Gasteiger charge is 2.24. The average molecular weight is 423 g/mol. The lowest BCUT2D eigenvalue weighted by molar-refractivity contribution is -0.115. The first-order chi connectivity index (χ1) is 13.3. The average Bonchev–Trinajstić information content (AvgIpc) is 2.70. The van der Waals surface area contributed by atoms with Crippen LogP contribution in [0.4, 0.5) is 5.69 Å². The van der Waals surface area contributed by atoms with Crippen LogP contribution in [0.15, 0.2) is 53.4 Å². The van der Waals surface area contributed by atoms with E-state index < -0.39 is 10.0 Å². The maximum atomic E-state index is 12.9. The summed E-state index contributed by atoms with van der Waals surface area (Å²) in [6.07, 6.45) is 1.84. The van der Waals surface area contributed by atoms with Crippen molar-refractivity contribution in [2.24, 2.45) is 0 Å². The monoisotopic (exact) mass is 422 g/mol. The van der Waals surface area contributed by atoms with Crippen molar-refractivity contribution in [3.8, 4) is 11.5 Å². The Balaban J connectivity index is 2.46. The molecule has 0 saturated heterocycles. The number of sulfonamides is 1. The first-order valence-electron chi connectivity index (χ1n) is 9.04. The minimum absolute atomic E-state index is 0.115. The molecule has 8 heteroatoms. The zero-order valence-corrected chi connectivity index (χ0v) is 18.1. The predicted octanol–water partition coefficient (Wildman–Crippen LogP) is 4.20. The number of nitrogens with zero attached hydrogens (tertiary/aromatic N) is 1. The number of para-hydroxylation sites is 1. The molecule has 0 aromatic heterocycles. The molecular formula is C20H26N2O4S2. The number of carbonyl (C=O) groups is 1. The molecule has 0 heterocycles. The summed E-state index contributed by atoms with van der Waals surface area (Å²) in [6, 6.07) is 13.6. The molecule has 1 amide bonds. The van der Waals surface area contributed by atoms with E-state index in [0.29, 0.717) is 30.3 Å². The Hall–Kier alpha value is -2.03. The van der Waals surface area contributed by atoms with Crippen LogP contribution in [0, 0.1) is 0 Å². The molecule has 152 valence electrons. The number of hydrogen-bond donors (Lipinski definition) is 1. The Kier molecular flexibility index (Phi) is 7.91. The summed E-state index contributed by atoms with van der Waals surface area (Å²) in [5, 5.41) is 2.52. The molecule has 0 saturated carbocycles. The summed E-state index contributed by atoms with van der Waals surface area (Å²) in [4.78, 5) is 12.5. The fourth-order valence-corrected chi connectivity index (χ4v) is 4.28. The second-order valence-electron chi connectivity index (χ2n) is 6.03. The van der Waals surface area contributed by atoms with Crippen LogP contribution in [0.1, 0.15) is 20.8 Å². The summed E-state index contributed by atoms with van der Waals surface area (Å²) in [5.74, 6) is 0.754. The van der Waals surface area contributed by atoms with E-state index >= 15 is 0 Å². The van der Waals surface area contributed by atoms with E-state index in [-0.39, 0.29) is 16.1 Å².